The van der Waals surface area contributed by atoms with Crippen molar-refractivity contribution < 1.29 is 8.42 Å². The van der Waals surface area contributed by atoms with Gasteiger partial charge in [-0.05, 0) is 30.7 Å². The van der Waals surface area contributed by atoms with Crippen LogP contribution in [0, 0.1) is 6.92 Å². The monoisotopic (exact) mass is 330 g/mol. The summed E-state index contributed by atoms with van der Waals surface area (Å²) >= 11 is 3.35. The Hall–Kier alpha value is -1.54. The van der Waals surface area contributed by atoms with Crippen molar-refractivity contribution in [3.63, 3.8) is 0 Å². The molecule has 0 bridgehead atoms. The lowest BCUT2D eigenvalue weighted by Gasteiger charge is -2.08. The van der Waals surface area contributed by atoms with Gasteiger partial charge >= 0.3 is 0 Å². The number of H-pyrrole nitrogens is 1. The second-order valence-electron chi connectivity index (χ2n) is 3.72. The number of nitrogens with zero attached hydrogens (tertiary/aromatic N) is 1. The van der Waals surface area contributed by atoms with Crippen molar-refractivity contribution in [2.24, 2.45) is 0 Å². The third kappa shape index (κ3) is 2.49. The maximum Gasteiger partial charge on any atom is 0.267 e. The number of nitrogens with two attached hydrogens (primary N) is 1. The van der Waals surface area contributed by atoms with Crippen molar-refractivity contribution in [3.05, 3.63) is 34.4 Å². The van der Waals surface area contributed by atoms with Crippen LogP contribution in [0.4, 0.5) is 11.5 Å². The summed E-state index contributed by atoms with van der Waals surface area (Å²) in [6.45, 7) is 1.87. The smallest absolute Gasteiger partial charge is 0.267 e. The van der Waals surface area contributed by atoms with Gasteiger partial charge in [-0.2, -0.15) is 5.10 Å². The zero-order valence-corrected chi connectivity index (χ0v) is 11.8. The normalized spacial score (nSPS) is 11.4. The molecule has 0 atom stereocenters. The summed E-state index contributed by atoms with van der Waals surface area (Å²) in [7, 11) is -3.71. The third-order valence-electron chi connectivity index (χ3n) is 2.33. The van der Waals surface area contributed by atoms with E-state index in [-0.39, 0.29) is 10.7 Å². The Balaban J connectivity index is 2.34. The molecule has 0 fully saturated rings. The molecule has 2 aromatic rings. The van der Waals surface area contributed by atoms with Crippen LogP contribution in [0.3, 0.4) is 0 Å². The summed E-state index contributed by atoms with van der Waals surface area (Å²) < 4.78 is 27.4. The highest BCUT2D eigenvalue weighted by molar-refractivity contribution is 9.10. The molecular formula is C10H11BrN4O2S. The van der Waals surface area contributed by atoms with Crippen molar-refractivity contribution in [2.45, 2.75) is 11.8 Å². The lowest BCUT2D eigenvalue weighted by molar-refractivity contribution is 0.601. The number of aromatic nitrogens is 2. The van der Waals surface area contributed by atoms with Crippen LogP contribution < -0.4 is 10.5 Å². The summed E-state index contributed by atoms with van der Waals surface area (Å²) in [6.07, 6.45) is 1.17. The number of halogens is 1. The van der Waals surface area contributed by atoms with Crippen molar-refractivity contribution in [2.75, 3.05) is 10.5 Å². The van der Waals surface area contributed by atoms with Crippen molar-refractivity contribution in [3.8, 4) is 0 Å². The summed E-state index contributed by atoms with van der Waals surface area (Å²) in [5, 5.41) is 5.97. The maximum atomic E-state index is 12.0. The summed E-state index contributed by atoms with van der Waals surface area (Å²) in [5.41, 5.74) is 6.88. The number of aromatic amines is 1. The number of hydrogen-bond acceptors (Lipinski definition) is 4. The first kappa shape index (κ1) is 12.9. The molecular weight excluding hydrogens is 320 g/mol. The molecule has 0 aliphatic rings. The first-order chi connectivity index (χ1) is 8.40. The Labute approximate surface area is 113 Å². The van der Waals surface area contributed by atoms with E-state index < -0.39 is 10.0 Å². The van der Waals surface area contributed by atoms with Gasteiger partial charge in [0.05, 0.1) is 6.20 Å². The molecule has 0 aliphatic heterocycles. The Morgan fingerprint density at radius 2 is 2.17 bits per heavy atom. The summed E-state index contributed by atoms with van der Waals surface area (Å²) in [6, 6.07) is 5.15. The molecule has 2 rings (SSSR count). The number of hydrogen-bond donors (Lipinski definition) is 3. The summed E-state index contributed by atoms with van der Waals surface area (Å²) in [5.74, 6) is 0.0105. The van der Waals surface area contributed by atoms with Gasteiger partial charge in [0.15, 0.2) is 0 Å². The van der Waals surface area contributed by atoms with Crippen LogP contribution in [0.25, 0.3) is 0 Å². The number of aryl methyl sites for hydroxylation is 1. The topological polar surface area (TPSA) is 101 Å². The minimum Gasteiger partial charge on any atom is -0.383 e. The molecule has 0 radical (unpaired) electrons. The van der Waals surface area contributed by atoms with Crippen molar-refractivity contribution >= 4 is 37.5 Å². The molecule has 0 saturated carbocycles. The number of anilines is 2. The van der Waals surface area contributed by atoms with Crippen LogP contribution in [0.2, 0.25) is 0 Å². The molecule has 0 saturated heterocycles. The van der Waals surface area contributed by atoms with E-state index >= 15 is 0 Å². The molecule has 1 aromatic carbocycles. The molecule has 1 aromatic heterocycles. The zero-order valence-electron chi connectivity index (χ0n) is 9.44. The van der Waals surface area contributed by atoms with E-state index in [1.54, 1.807) is 18.2 Å². The van der Waals surface area contributed by atoms with Gasteiger partial charge in [-0.15, -0.1) is 0 Å². The van der Waals surface area contributed by atoms with E-state index in [0.29, 0.717) is 5.69 Å². The second-order valence-corrected chi connectivity index (χ2v) is 6.22. The van der Waals surface area contributed by atoms with Crippen LogP contribution in [-0.4, -0.2) is 18.6 Å². The standard InChI is InChI=1S/C10H11BrN4O2S/c1-6-4-7(2-3-8(6)11)15-18(16,17)9-5-13-14-10(9)12/h2-5,15H,1H3,(H3,12,13,14). The van der Waals surface area contributed by atoms with E-state index in [2.05, 4.69) is 30.8 Å². The summed E-state index contributed by atoms with van der Waals surface area (Å²) in [4.78, 5) is -0.0666. The van der Waals surface area contributed by atoms with Gasteiger partial charge in [-0.25, -0.2) is 8.42 Å². The maximum absolute atomic E-state index is 12.0. The number of nitrogen functional groups attached to an aromatic ring is 1. The van der Waals surface area contributed by atoms with E-state index in [1.165, 1.54) is 6.20 Å². The number of benzene rings is 1. The highest BCUT2D eigenvalue weighted by Crippen LogP contribution is 2.23. The zero-order chi connectivity index (χ0) is 13.3. The fraction of sp³-hybridized carbons (Fsp3) is 0.100. The molecule has 0 amide bonds. The molecule has 0 unspecified atom stereocenters. The number of nitrogens with one attached hydrogen (secondary N) is 2. The van der Waals surface area contributed by atoms with Gasteiger partial charge in [-0.3, -0.25) is 9.82 Å². The Kier molecular flexibility index (Phi) is 3.31. The minimum atomic E-state index is -3.71. The quantitative estimate of drug-likeness (QED) is 0.799. The highest BCUT2D eigenvalue weighted by Gasteiger charge is 2.19. The average molecular weight is 331 g/mol. The van der Waals surface area contributed by atoms with Gasteiger partial charge in [0.25, 0.3) is 10.0 Å². The lowest BCUT2D eigenvalue weighted by atomic mass is 10.2. The predicted octanol–water partition coefficient (Wildman–Crippen LogP) is 1.86. The van der Waals surface area contributed by atoms with Crippen LogP contribution in [0.1, 0.15) is 5.56 Å². The third-order valence-corrected chi connectivity index (χ3v) is 4.63. The second kappa shape index (κ2) is 4.62. The molecule has 8 heteroatoms. The average Bonchev–Trinajstić information content (AvgIpc) is 2.70. The fourth-order valence-corrected chi connectivity index (χ4v) is 2.74. The molecule has 4 N–H and O–H groups in total. The molecule has 18 heavy (non-hydrogen) atoms. The molecule has 1 heterocycles. The van der Waals surface area contributed by atoms with E-state index in [9.17, 15) is 8.42 Å². The van der Waals surface area contributed by atoms with E-state index in [4.69, 9.17) is 5.73 Å². The first-order valence-corrected chi connectivity index (χ1v) is 7.25. The first-order valence-electron chi connectivity index (χ1n) is 4.98. The Morgan fingerprint density at radius 3 is 2.72 bits per heavy atom. The van der Waals surface area contributed by atoms with E-state index in [0.717, 1.165) is 10.0 Å². The van der Waals surface area contributed by atoms with Gasteiger partial charge < -0.3 is 5.73 Å². The van der Waals surface area contributed by atoms with Crippen molar-refractivity contribution in [1.29, 1.82) is 0 Å². The molecule has 0 aliphatic carbocycles. The largest absolute Gasteiger partial charge is 0.383 e. The van der Waals surface area contributed by atoms with Crippen LogP contribution in [0.15, 0.2) is 33.8 Å². The highest BCUT2D eigenvalue weighted by atomic mass is 79.9. The number of sulfonamides is 1. The molecule has 0 spiro atoms. The lowest BCUT2D eigenvalue weighted by Crippen LogP contribution is -2.13. The predicted molar refractivity (Wildman–Crippen MR) is 72.7 cm³/mol. The van der Waals surface area contributed by atoms with Gasteiger partial charge in [0.2, 0.25) is 0 Å². The van der Waals surface area contributed by atoms with Crippen LogP contribution in [-0.2, 0) is 10.0 Å². The van der Waals surface area contributed by atoms with Gasteiger partial charge in [0.1, 0.15) is 10.7 Å². The Bertz CT molecular complexity index is 681. The van der Waals surface area contributed by atoms with Crippen molar-refractivity contribution in [1.82, 2.24) is 10.2 Å². The van der Waals surface area contributed by atoms with Crippen LogP contribution >= 0.6 is 15.9 Å². The molecule has 6 nitrogen and oxygen atoms in total. The fourth-order valence-electron chi connectivity index (χ4n) is 1.42. The van der Waals surface area contributed by atoms with Crippen LogP contribution in [0.5, 0.6) is 0 Å². The van der Waals surface area contributed by atoms with Gasteiger partial charge in [-0.1, -0.05) is 15.9 Å². The minimum absolute atomic E-state index is 0.0105. The van der Waals surface area contributed by atoms with Gasteiger partial charge in [0, 0.05) is 10.2 Å². The SMILES string of the molecule is Cc1cc(NS(=O)(=O)c2cn[nH]c2N)ccc1Br. The number of rotatable bonds is 3. The Morgan fingerprint density at radius 1 is 1.44 bits per heavy atom. The molecule has 96 valence electrons. The van der Waals surface area contributed by atoms with E-state index in [1.807, 2.05) is 6.92 Å².